The molecule has 0 fully saturated rings. The summed E-state index contributed by atoms with van der Waals surface area (Å²) >= 11 is 1.45. The number of anilines is 2. The largest absolute Gasteiger partial charge is 0.497 e. The van der Waals surface area contributed by atoms with Gasteiger partial charge in [-0.25, -0.2) is 0 Å². The van der Waals surface area contributed by atoms with Crippen molar-refractivity contribution in [1.29, 1.82) is 0 Å². The smallest absolute Gasteiger partial charge is 0.471 e. The first-order valence-corrected chi connectivity index (χ1v) is 10.2. The fraction of sp³-hybridized carbons (Fsp3) is 0.227. The van der Waals surface area contributed by atoms with Crippen LogP contribution in [0.3, 0.4) is 0 Å². The molecule has 4 nitrogen and oxygen atoms in total. The highest BCUT2D eigenvalue weighted by molar-refractivity contribution is 7.10. The zero-order valence-corrected chi connectivity index (χ0v) is 16.8. The van der Waals surface area contributed by atoms with Gasteiger partial charge in [0.15, 0.2) is 0 Å². The van der Waals surface area contributed by atoms with Crippen LogP contribution in [0, 0.1) is 0 Å². The van der Waals surface area contributed by atoms with Gasteiger partial charge in [0.1, 0.15) is 5.75 Å². The van der Waals surface area contributed by atoms with Gasteiger partial charge in [-0.1, -0.05) is 24.3 Å². The van der Waals surface area contributed by atoms with Crippen LogP contribution in [0.1, 0.15) is 16.5 Å². The number of methoxy groups -OCH3 is 1. The van der Waals surface area contributed by atoms with Crippen LogP contribution in [-0.2, 0) is 11.2 Å². The van der Waals surface area contributed by atoms with Gasteiger partial charge in [0.25, 0.3) is 0 Å². The lowest BCUT2D eigenvalue weighted by molar-refractivity contribution is -0.174. The Bertz CT molecular complexity index is 1020. The number of hydrogen-bond donors (Lipinski definition) is 1. The molecule has 1 aliphatic heterocycles. The Morgan fingerprint density at radius 2 is 1.83 bits per heavy atom. The third-order valence-corrected chi connectivity index (χ3v) is 6.05. The standard InChI is InChI=1S/C22H19F3N2O2S/c1-29-16-10-8-15(9-11-16)27-18-6-3-2-5-14(18)13-17(26-21(28)22(23,24)25)20(27)19-7-4-12-30-19/h2-12,17,20H,13H2,1H3,(H,26,28)/t17-,20-/m0/s1. The van der Waals surface area contributed by atoms with Gasteiger partial charge in [-0.3, -0.25) is 4.79 Å². The highest BCUT2D eigenvalue weighted by atomic mass is 32.1. The minimum atomic E-state index is -4.94. The average Bonchev–Trinajstić information content (AvgIpc) is 3.26. The summed E-state index contributed by atoms with van der Waals surface area (Å²) in [6.45, 7) is 0. The highest BCUT2D eigenvalue weighted by Gasteiger charge is 2.44. The maximum Gasteiger partial charge on any atom is 0.471 e. The molecule has 0 bridgehead atoms. The lowest BCUT2D eigenvalue weighted by Gasteiger charge is -2.43. The molecule has 0 unspecified atom stereocenters. The number of carbonyl (C=O) groups excluding carboxylic acids is 1. The number of rotatable bonds is 4. The van der Waals surface area contributed by atoms with Crippen molar-refractivity contribution in [1.82, 2.24) is 5.32 Å². The summed E-state index contributed by atoms with van der Waals surface area (Å²) in [6.07, 6.45) is -4.64. The topological polar surface area (TPSA) is 41.6 Å². The van der Waals surface area contributed by atoms with Crippen LogP contribution < -0.4 is 15.0 Å². The fourth-order valence-corrected chi connectivity index (χ4v) is 4.69. The van der Waals surface area contributed by atoms with Crippen molar-refractivity contribution in [3.63, 3.8) is 0 Å². The third kappa shape index (κ3) is 3.87. The molecule has 0 radical (unpaired) electrons. The van der Waals surface area contributed by atoms with Crippen molar-refractivity contribution in [3.05, 3.63) is 76.5 Å². The molecule has 0 aliphatic carbocycles. The summed E-state index contributed by atoms with van der Waals surface area (Å²) in [6, 6.07) is 17.4. The number of amides is 1. The summed E-state index contributed by atoms with van der Waals surface area (Å²) in [4.78, 5) is 14.7. The van der Waals surface area contributed by atoms with E-state index in [9.17, 15) is 18.0 Å². The van der Waals surface area contributed by atoms with E-state index < -0.39 is 24.2 Å². The van der Waals surface area contributed by atoms with Crippen molar-refractivity contribution in [2.24, 2.45) is 0 Å². The van der Waals surface area contributed by atoms with E-state index in [-0.39, 0.29) is 0 Å². The van der Waals surface area contributed by atoms with Gasteiger partial charge in [0.2, 0.25) is 0 Å². The van der Waals surface area contributed by atoms with Crippen LogP contribution in [0.15, 0.2) is 66.0 Å². The molecule has 2 aromatic carbocycles. The quantitative estimate of drug-likeness (QED) is 0.613. The Kier molecular flexibility index (Phi) is 5.42. The minimum Gasteiger partial charge on any atom is -0.497 e. The number of hydrogen-bond acceptors (Lipinski definition) is 4. The Balaban J connectivity index is 1.83. The molecule has 156 valence electrons. The first kappa shape index (κ1) is 20.3. The van der Waals surface area contributed by atoms with E-state index in [0.717, 1.165) is 21.8 Å². The first-order valence-electron chi connectivity index (χ1n) is 9.31. The van der Waals surface area contributed by atoms with Crippen LogP contribution in [0.4, 0.5) is 24.5 Å². The average molecular weight is 432 g/mol. The molecule has 1 N–H and O–H groups in total. The van der Waals surface area contributed by atoms with Crippen LogP contribution in [-0.4, -0.2) is 25.2 Å². The molecule has 0 saturated heterocycles. The van der Waals surface area contributed by atoms with Crippen molar-refractivity contribution in [3.8, 4) is 5.75 Å². The molecule has 8 heteroatoms. The number of fused-ring (bicyclic) bond motifs is 1. The van der Waals surface area contributed by atoms with Gasteiger partial charge < -0.3 is 15.0 Å². The molecule has 0 spiro atoms. The number of halogens is 3. The van der Waals surface area contributed by atoms with Gasteiger partial charge in [0.05, 0.1) is 19.2 Å². The Morgan fingerprint density at radius 1 is 1.10 bits per heavy atom. The van der Waals surface area contributed by atoms with E-state index in [1.807, 2.05) is 58.8 Å². The van der Waals surface area contributed by atoms with Crippen molar-refractivity contribution in [2.75, 3.05) is 12.0 Å². The van der Waals surface area contributed by atoms with E-state index in [2.05, 4.69) is 5.32 Å². The molecule has 4 rings (SSSR count). The Hall–Kier alpha value is -3.00. The number of nitrogens with zero attached hydrogens (tertiary/aromatic N) is 1. The van der Waals surface area contributed by atoms with Gasteiger partial charge >= 0.3 is 12.1 Å². The van der Waals surface area contributed by atoms with E-state index >= 15 is 0 Å². The summed E-state index contributed by atoms with van der Waals surface area (Å²) in [5.41, 5.74) is 2.57. The van der Waals surface area contributed by atoms with E-state index in [1.165, 1.54) is 11.3 Å². The lowest BCUT2D eigenvalue weighted by atomic mass is 9.89. The maximum absolute atomic E-state index is 13.0. The monoisotopic (exact) mass is 432 g/mol. The molecule has 2 heterocycles. The van der Waals surface area contributed by atoms with Crippen LogP contribution >= 0.6 is 11.3 Å². The number of ether oxygens (including phenoxy) is 1. The van der Waals surface area contributed by atoms with Crippen LogP contribution in [0.2, 0.25) is 0 Å². The normalized spacial score (nSPS) is 18.6. The zero-order valence-electron chi connectivity index (χ0n) is 16.0. The molecule has 30 heavy (non-hydrogen) atoms. The predicted octanol–water partition coefficient (Wildman–Crippen LogP) is 5.24. The lowest BCUT2D eigenvalue weighted by Crippen LogP contribution is -2.52. The van der Waals surface area contributed by atoms with E-state index in [1.54, 1.807) is 19.2 Å². The number of alkyl halides is 3. The van der Waals surface area contributed by atoms with Crippen molar-refractivity contribution < 1.29 is 22.7 Å². The van der Waals surface area contributed by atoms with Gasteiger partial charge in [-0.15, -0.1) is 11.3 Å². The highest BCUT2D eigenvalue weighted by Crippen LogP contribution is 2.45. The minimum absolute atomic E-state index is 0.299. The summed E-state index contributed by atoms with van der Waals surface area (Å²) in [7, 11) is 1.57. The second-order valence-corrected chi connectivity index (χ2v) is 7.92. The van der Waals surface area contributed by atoms with E-state index in [4.69, 9.17) is 4.74 Å². The molecule has 1 aliphatic rings. The molecular formula is C22H19F3N2O2S. The molecule has 1 aromatic heterocycles. The van der Waals surface area contributed by atoms with Crippen LogP contribution in [0.5, 0.6) is 5.75 Å². The third-order valence-electron chi connectivity index (χ3n) is 5.11. The number of carbonyl (C=O) groups is 1. The summed E-state index contributed by atoms with van der Waals surface area (Å²) in [5.74, 6) is -1.25. The van der Waals surface area contributed by atoms with Gasteiger partial charge in [-0.05, 0) is 53.8 Å². The van der Waals surface area contributed by atoms with Gasteiger partial charge in [-0.2, -0.15) is 13.2 Å². The molecule has 0 saturated carbocycles. The van der Waals surface area contributed by atoms with E-state index in [0.29, 0.717) is 12.2 Å². The Morgan fingerprint density at radius 3 is 2.47 bits per heavy atom. The molecular weight excluding hydrogens is 413 g/mol. The summed E-state index contributed by atoms with van der Waals surface area (Å²) in [5, 5.41) is 4.12. The number of thiophene rings is 1. The number of nitrogens with one attached hydrogen (secondary N) is 1. The SMILES string of the molecule is COc1ccc(N2c3ccccc3C[C@H](NC(=O)C(F)(F)F)[C@H]2c2cccs2)cc1. The molecule has 2 atom stereocenters. The first-order chi connectivity index (χ1) is 14.4. The molecule has 3 aromatic rings. The van der Waals surface area contributed by atoms with Crippen LogP contribution in [0.25, 0.3) is 0 Å². The maximum atomic E-state index is 13.0. The molecule has 1 amide bonds. The van der Waals surface area contributed by atoms with Gasteiger partial charge in [0, 0.05) is 16.3 Å². The second kappa shape index (κ2) is 8.02. The van der Waals surface area contributed by atoms with Crippen molar-refractivity contribution >= 4 is 28.6 Å². The number of benzene rings is 2. The Labute approximate surface area is 175 Å². The number of para-hydroxylation sites is 1. The predicted molar refractivity (Wildman–Crippen MR) is 110 cm³/mol. The second-order valence-electron chi connectivity index (χ2n) is 6.94. The fourth-order valence-electron chi connectivity index (χ4n) is 3.80. The van der Waals surface area contributed by atoms with Crippen molar-refractivity contribution in [2.45, 2.75) is 24.7 Å². The summed E-state index contributed by atoms with van der Waals surface area (Å²) < 4.78 is 44.3. The zero-order chi connectivity index (χ0) is 21.3.